The van der Waals surface area contributed by atoms with Crippen molar-refractivity contribution in [2.45, 2.75) is 26.1 Å². The molecule has 0 amide bonds. The second kappa shape index (κ2) is 15.9. The maximum Gasteiger partial charge on any atom is 2.00 e. The number of carboxylic acid groups (broad SMARTS) is 2. The number of aliphatic carboxylic acids is 2. The molecule has 0 radical (unpaired) electrons. The number of hydrogen-bond acceptors (Lipinski definition) is 6. The Labute approximate surface area is 98.9 Å². The van der Waals surface area contributed by atoms with Gasteiger partial charge in [-0.2, -0.15) is 0 Å². The fourth-order valence-corrected chi connectivity index (χ4v) is 0. The zero-order valence-electron chi connectivity index (χ0n) is 8.39. The van der Waals surface area contributed by atoms with E-state index in [4.69, 9.17) is 10.2 Å². The predicted molar refractivity (Wildman–Crippen MR) is 40.6 cm³/mol. The van der Waals surface area contributed by atoms with Crippen molar-refractivity contribution in [3.8, 4) is 0 Å². The van der Waals surface area contributed by atoms with Crippen molar-refractivity contribution < 1.29 is 60.4 Å². The molecule has 0 aliphatic heterocycles. The van der Waals surface area contributed by atoms with Gasteiger partial charge in [0, 0.05) is 0 Å². The topological polar surface area (TPSA) is 184 Å². The molecular formula is C6H14O8Zn. The summed E-state index contributed by atoms with van der Waals surface area (Å²) in [4.78, 5) is 18.7. The fraction of sp³-hybridized carbons (Fsp3) is 0.667. The Morgan fingerprint density at radius 2 is 1.00 bits per heavy atom. The molecule has 0 aromatic heterocycles. The molecule has 0 spiro atoms. The van der Waals surface area contributed by atoms with Gasteiger partial charge >= 0.3 is 19.5 Å². The fourth-order valence-electron chi connectivity index (χ4n) is 0. The number of carbonyl (C=O) groups excluding carboxylic acids is 2. The van der Waals surface area contributed by atoms with Crippen LogP contribution in [0.3, 0.4) is 0 Å². The molecule has 0 unspecified atom stereocenters. The number of hydrogen-bond donors (Lipinski definition) is 2. The van der Waals surface area contributed by atoms with Crippen LogP contribution in [0.15, 0.2) is 0 Å². The van der Waals surface area contributed by atoms with Gasteiger partial charge in [-0.15, -0.1) is 0 Å². The van der Waals surface area contributed by atoms with E-state index in [1.54, 1.807) is 0 Å². The summed E-state index contributed by atoms with van der Waals surface area (Å²) in [5, 5.41) is 34.6. The average molecular weight is 280 g/mol. The Balaban J connectivity index is -0.0000000370. The Morgan fingerprint density at radius 3 is 1.00 bits per heavy atom. The summed E-state index contributed by atoms with van der Waals surface area (Å²) in [6, 6.07) is 0. The van der Waals surface area contributed by atoms with Crippen molar-refractivity contribution in [2.24, 2.45) is 0 Å². The number of aliphatic hydroxyl groups excluding tert-OH is 2. The zero-order valence-corrected chi connectivity index (χ0v) is 11.4. The van der Waals surface area contributed by atoms with Crippen molar-refractivity contribution in [1.82, 2.24) is 0 Å². The van der Waals surface area contributed by atoms with Gasteiger partial charge in [0.25, 0.3) is 0 Å². The summed E-state index contributed by atoms with van der Waals surface area (Å²) < 4.78 is 0. The molecule has 0 rings (SSSR count). The van der Waals surface area contributed by atoms with E-state index >= 15 is 0 Å². The van der Waals surface area contributed by atoms with Crippen LogP contribution in [0.1, 0.15) is 13.8 Å². The molecule has 88 valence electrons. The minimum Gasteiger partial charge on any atom is -0.547 e. The molecule has 9 heteroatoms. The molecule has 8 nitrogen and oxygen atoms in total. The number of carboxylic acids is 2. The number of carbonyl (C=O) groups is 2. The normalized spacial score (nSPS) is 10.9. The largest absolute Gasteiger partial charge is 2.00 e. The van der Waals surface area contributed by atoms with Crippen molar-refractivity contribution in [3.05, 3.63) is 0 Å². The average Bonchev–Trinajstić information content (AvgIpc) is 1.88. The first-order chi connectivity index (χ1) is 5.29. The quantitative estimate of drug-likeness (QED) is 0.475. The van der Waals surface area contributed by atoms with Gasteiger partial charge in [-0.05, 0) is 13.8 Å². The second-order valence-electron chi connectivity index (χ2n) is 1.99. The van der Waals surface area contributed by atoms with E-state index in [-0.39, 0.29) is 30.4 Å². The van der Waals surface area contributed by atoms with Crippen molar-refractivity contribution in [3.63, 3.8) is 0 Å². The monoisotopic (exact) mass is 278 g/mol. The molecule has 15 heavy (non-hydrogen) atoms. The van der Waals surface area contributed by atoms with Gasteiger partial charge in [-0.25, -0.2) is 0 Å². The summed E-state index contributed by atoms with van der Waals surface area (Å²) in [7, 11) is 0. The summed E-state index contributed by atoms with van der Waals surface area (Å²) in [5.41, 5.74) is 0. The standard InChI is InChI=1S/2C3H6O3.2H2O.Zn/c2*1-2(4)3(5)6;;;/h2*2,4H,1H3,(H,5,6);2*1H2;/q;;;;+2/p-2/t2*2-;;;/m00.../s1. The van der Waals surface area contributed by atoms with E-state index in [0.29, 0.717) is 0 Å². The van der Waals surface area contributed by atoms with Crippen LogP contribution in [0.5, 0.6) is 0 Å². The molecule has 0 aromatic rings. The first-order valence-electron chi connectivity index (χ1n) is 3.06. The van der Waals surface area contributed by atoms with E-state index in [2.05, 4.69) is 0 Å². The molecule has 0 aliphatic carbocycles. The predicted octanol–water partition coefficient (Wildman–Crippen LogP) is -5.42. The van der Waals surface area contributed by atoms with E-state index in [1.807, 2.05) is 0 Å². The van der Waals surface area contributed by atoms with Crippen LogP contribution in [0.25, 0.3) is 0 Å². The summed E-state index contributed by atoms with van der Waals surface area (Å²) in [6.07, 6.45) is -2.69. The van der Waals surface area contributed by atoms with Gasteiger partial charge < -0.3 is 41.0 Å². The minimum atomic E-state index is -1.44. The molecule has 0 fully saturated rings. The Bertz CT molecular complexity index is 139. The third kappa shape index (κ3) is 31.8. The molecule has 0 bridgehead atoms. The summed E-state index contributed by atoms with van der Waals surface area (Å²) in [5.74, 6) is -2.87. The first kappa shape index (κ1) is 29.3. The number of rotatable bonds is 2. The minimum absolute atomic E-state index is 0. The SMILES string of the molecule is C[C@H](O)C(=O)[O-].C[C@H](O)C(=O)[O-].O.O.[Zn+2]. The smallest absolute Gasteiger partial charge is 0.547 e. The maximum absolute atomic E-state index is 9.34. The molecule has 0 saturated carbocycles. The van der Waals surface area contributed by atoms with Crippen LogP contribution < -0.4 is 10.2 Å². The van der Waals surface area contributed by atoms with Crippen LogP contribution in [0, 0.1) is 0 Å². The summed E-state index contributed by atoms with van der Waals surface area (Å²) in [6.45, 7) is 2.27. The third-order valence-corrected chi connectivity index (χ3v) is 0.682. The van der Waals surface area contributed by atoms with E-state index in [0.717, 1.165) is 13.8 Å². The van der Waals surface area contributed by atoms with Gasteiger partial charge in [0.15, 0.2) is 0 Å². The Hall–Kier alpha value is -0.597. The van der Waals surface area contributed by atoms with Crippen molar-refractivity contribution >= 4 is 11.9 Å². The van der Waals surface area contributed by atoms with Gasteiger partial charge in [0.05, 0.1) is 24.1 Å². The molecule has 2 atom stereocenters. The van der Waals surface area contributed by atoms with Crippen molar-refractivity contribution in [1.29, 1.82) is 0 Å². The van der Waals surface area contributed by atoms with Gasteiger partial charge in [0.2, 0.25) is 0 Å². The number of aliphatic hydroxyl groups is 2. The zero-order chi connectivity index (χ0) is 10.3. The third-order valence-electron chi connectivity index (χ3n) is 0.682. The Kier molecular flexibility index (Phi) is 30.9. The van der Waals surface area contributed by atoms with E-state index in [1.165, 1.54) is 0 Å². The van der Waals surface area contributed by atoms with Gasteiger partial charge in [-0.1, -0.05) is 0 Å². The van der Waals surface area contributed by atoms with Gasteiger partial charge in [0.1, 0.15) is 0 Å². The molecule has 0 aromatic carbocycles. The van der Waals surface area contributed by atoms with Crippen LogP contribution in [0.2, 0.25) is 0 Å². The van der Waals surface area contributed by atoms with Crippen LogP contribution >= 0.6 is 0 Å². The molecule has 0 aliphatic rings. The van der Waals surface area contributed by atoms with Gasteiger partial charge in [-0.3, -0.25) is 0 Å². The molecular weight excluding hydrogens is 265 g/mol. The second-order valence-corrected chi connectivity index (χ2v) is 1.99. The molecule has 6 N–H and O–H groups in total. The van der Waals surface area contributed by atoms with E-state index < -0.39 is 24.1 Å². The molecule has 0 saturated heterocycles. The van der Waals surface area contributed by atoms with Crippen LogP contribution in [-0.4, -0.2) is 45.3 Å². The maximum atomic E-state index is 9.34. The van der Waals surface area contributed by atoms with Crippen molar-refractivity contribution in [2.75, 3.05) is 0 Å². The molecule has 0 heterocycles. The summed E-state index contributed by atoms with van der Waals surface area (Å²) >= 11 is 0. The Morgan fingerprint density at radius 1 is 0.933 bits per heavy atom. The van der Waals surface area contributed by atoms with E-state index in [9.17, 15) is 19.8 Å². The van der Waals surface area contributed by atoms with Crippen LogP contribution in [0.4, 0.5) is 0 Å². The van der Waals surface area contributed by atoms with Crippen LogP contribution in [-0.2, 0) is 29.1 Å². The first-order valence-corrected chi connectivity index (χ1v) is 3.06.